The molecule has 2 rings (SSSR count). The minimum absolute atomic E-state index is 0.00174. The highest BCUT2D eigenvalue weighted by Gasteiger charge is 2.14. The summed E-state index contributed by atoms with van der Waals surface area (Å²) in [6.07, 6.45) is 0. The van der Waals surface area contributed by atoms with Gasteiger partial charge in [0.2, 0.25) is 0 Å². The third kappa shape index (κ3) is 2.75. The van der Waals surface area contributed by atoms with E-state index in [-0.39, 0.29) is 11.9 Å². The quantitative estimate of drug-likeness (QED) is 0.865. The number of halogens is 2. The first-order valence-corrected chi connectivity index (χ1v) is 6.55. The molecular formula is C14H15BrFNO. The number of benzene rings is 1. The van der Waals surface area contributed by atoms with E-state index in [0.29, 0.717) is 5.69 Å². The van der Waals surface area contributed by atoms with Crippen molar-refractivity contribution in [3.05, 3.63) is 51.6 Å². The second kappa shape index (κ2) is 5.14. The van der Waals surface area contributed by atoms with Gasteiger partial charge in [-0.25, -0.2) is 4.39 Å². The van der Waals surface area contributed by atoms with Crippen molar-refractivity contribution in [2.75, 3.05) is 5.32 Å². The fourth-order valence-corrected chi connectivity index (χ4v) is 2.33. The van der Waals surface area contributed by atoms with Crippen molar-refractivity contribution >= 4 is 21.6 Å². The van der Waals surface area contributed by atoms with Crippen LogP contribution < -0.4 is 5.32 Å². The van der Waals surface area contributed by atoms with Gasteiger partial charge in [0.05, 0.1) is 11.7 Å². The Morgan fingerprint density at radius 1 is 1.28 bits per heavy atom. The van der Waals surface area contributed by atoms with Gasteiger partial charge in [-0.2, -0.15) is 0 Å². The maximum absolute atomic E-state index is 13.7. The lowest BCUT2D eigenvalue weighted by Gasteiger charge is -2.15. The smallest absolute Gasteiger partial charge is 0.147 e. The second-order valence-corrected chi connectivity index (χ2v) is 5.27. The molecule has 1 atom stereocenters. The first-order valence-electron chi connectivity index (χ1n) is 5.76. The van der Waals surface area contributed by atoms with Gasteiger partial charge in [-0.3, -0.25) is 0 Å². The molecule has 4 heteroatoms. The molecule has 2 aromatic rings. The Morgan fingerprint density at radius 3 is 2.56 bits per heavy atom. The average Bonchev–Trinajstić information content (AvgIpc) is 2.62. The van der Waals surface area contributed by atoms with E-state index in [1.807, 2.05) is 32.9 Å². The fourth-order valence-electron chi connectivity index (χ4n) is 2.00. The molecular weight excluding hydrogens is 297 g/mol. The molecule has 0 saturated heterocycles. The third-order valence-electron chi connectivity index (χ3n) is 2.85. The van der Waals surface area contributed by atoms with E-state index in [2.05, 4.69) is 21.2 Å². The topological polar surface area (TPSA) is 25.2 Å². The van der Waals surface area contributed by atoms with Gasteiger partial charge in [0.25, 0.3) is 0 Å². The van der Waals surface area contributed by atoms with Crippen LogP contribution in [0.4, 0.5) is 10.1 Å². The van der Waals surface area contributed by atoms with E-state index in [0.717, 1.165) is 21.6 Å². The highest BCUT2D eigenvalue weighted by Crippen LogP contribution is 2.27. The molecule has 0 spiro atoms. The summed E-state index contributed by atoms with van der Waals surface area (Å²) in [6.45, 7) is 5.81. The van der Waals surface area contributed by atoms with E-state index in [9.17, 15) is 4.39 Å². The first kappa shape index (κ1) is 13.1. The second-order valence-electron chi connectivity index (χ2n) is 4.36. The van der Waals surface area contributed by atoms with Crippen LogP contribution in [0.25, 0.3) is 0 Å². The van der Waals surface area contributed by atoms with Gasteiger partial charge in [-0.15, -0.1) is 0 Å². The molecule has 1 aromatic heterocycles. The molecule has 0 fully saturated rings. The van der Waals surface area contributed by atoms with Crippen molar-refractivity contribution < 1.29 is 8.81 Å². The van der Waals surface area contributed by atoms with Crippen LogP contribution in [0.1, 0.15) is 30.0 Å². The predicted octanol–water partition coefficient (Wildman–Crippen LogP) is 4.97. The van der Waals surface area contributed by atoms with Crippen LogP contribution in [-0.4, -0.2) is 0 Å². The lowest BCUT2D eigenvalue weighted by molar-refractivity contribution is 0.499. The molecule has 0 amide bonds. The molecule has 0 radical (unpaired) electrons. The molecule has 1 N–H and O–H groups in total. The third-order valence-corrected chi connectivity index (χ3v) is 3.34. The molecule has 96 valence electrons. The van der Waals surface area contributed by atoms with Crippen molar-refractivity contribution in [1.29, 1.82) is 0 Å². The van der Waals surface area contributed by atoms with Crippen LogP contribution in [-0.2, 0) is 0 Å². The van der Waals surface area contributed by atoms with Crippen molar-refractivity contribution in [3.8, 4) is 0 Å². The number of hydrogen-bond acceptors (Lipinski definition) is 2. The van der Waals surface area contributed by atoms with Gasteiger partial charge in [-0.05, 0) is 45.0 Å². The van der Waals surface area contributed by atoms with Gasteiger partial charge < -0.3 is 9.73 Å². The van der Waals surface area contributed by atoms with Gasteiger partial charge in [0, 0.05) is 10.0 Å². The van der Waals surface area contributed by atoms with Crippen LogP contribution in [0.5, 0.6) is 0 Å². The SMILES string of the molecule is Cc1cc(C(C)Nc2ccc(Br)cc2F)c(C)o1. The molecule has 0 aliphatic carbocycles. The zero-order valence-electron chi connectivity index (χ0n) is 10.6. The largest absolute Gasteiger partial charge is 0.466 e. The predicted molar refractivity (Wildman–Crippen MR) is 74.3 cm³/mol. The van der Waals surface area contributed by atoms with Crippen molar-refractivity contribution in [3.63, 3.8) is 0 Å². The number of rotatable bonds is 3. The summed E-state index contributed by atoms with van der Waals surface area (Å²) in [5, 5.41) is 3.15. The Morgan fingerprint density at radius 2 is 2.00 bits per heavy atom. The van der Waals surface area contributed by atoms with Crippen LogP contribution in [0.2, 0.25) is 0 Å². The van der Waals surface area contributed by atoms with Crippen LogP contribution in [0, 0.1) is 19.7 Å². The Hall–Kier alpha value is -1.29. The molecule has 1 aromatic carbocycles. The molecule has 0 bridgehead atoms. The zero-order chi connectivity index (χ0) is 13.3. The summed E-state index contributed by atoms with van der Waals surface area (Å²) in [7, 11) is 0. The number of furan rings is 1. The fraction of sp³-hybridized carbons (Fsp3) is 0.286. The van der Waals surface area contributed by atoms with E-state index >= 15 is 0 Å². The van der Waals surface area contributed by atoms with Crippen molar-refractivity contribution in [2.45, 2.75) is 26.8 Å². The van der Waals surface area contributed by atoms with Gasteiger partial charge in [0.15, 0.2) is 0 Å². The number of nitrogens with one attached hydrogen (secondary N) is 1. The maximum atomic E-state index is 13.7. The summed E-state index contributed by atoms with van der Waals surface area (Å²) in [5.74, 6) is 1.46. The normalized spacial score (nSPS) is 12.5. The average molecular weight is 312 g/mol. The van der Waals surface area contributed by atoms with Gasteiger partial charge in [-0.1, -0.05) is 15.9 Å². The minimum atomic E-state index is -0.269. The Balaban J connectivity index is 2.21. The summed E-state index contributed by atoms with van der Waals surface area (Å²) >= 11 is 3.24. The summed E-state index contributed by atoms with van der Waals surface area (Å²) in [5.41, 5.74) is 1.54. The Kier molecular flexibility index (Phi) is 3.76. The van der Waals surface area contributed by atoms with Crippen LogP contribution in [0.15, 0.2) is 33.2 Å². The highest BCUT2D eigenvalue weighted by molar-refractivity contribution is 9.10. The molecule has 2 nitrogen and oxygen atoms in total. The first-order chi connectivity index (χ1) is 8.47. The zero-order valence-corrected chi connectivity index (χ0v) is 12.1. The Labute approximate surface area is 114 Å². The van der Waals surface area contributed by atoms with E-state index in [1.54, 1.807) is 6.07 Å². The van der Waals surface area contributed by atoms with Gasteiger partial charge in [0.1, 0.15) is 17.3 Å². The van der Waals surface area contributed by atoms with E-state index in [4.69, 9.17) is 4.42 Å². The standard InChI is InChI=1S/C14H15BrFNO/c1-8-6-12(10(3)18-8)9(2)17-14-5-4-11(15)7-13(14)16/h4-7,9,17H,1-3H3. The summed E-state index contributed by atoms with van der Waals surface area (Å²) in [4.78, 5) is 0. The number of anilines is 1. The lowest BCUT2D eigenvalue weighted by Crippen LogP contribution is -2.08. The maximum Gasteiger partial charge on any atom is 0.147 e. The van der Waals surface area contributed by atoms with Crippen LogP contribution in [0.3, 0.4) is 0 Å². The molecule has 0 aliphatic heterocycles. The highest BCUT2D eigenvalue weighted by atomic mass is 79.9. The molecule has 18 heavy (non-hydrogen) atoms. The molecule has 1 heterocycles. The number of aryl methyl sites for hydroxylation is 2. The van der Waals surface area contributed by atoms with Crippen LogP contribution >= 0.6 is 15.9 Å². The molecule has 1 unspecified atom stereocenters. The van der Waals surface area contributed by atoms with Crippen molar-refractivity contribution in [1.82, 2.24) is 0 Å². The molecule has 0 aliphatic rings. The van der Waals surface area contributed by atoms with Gasteiger partial charge >= 0.3 is 0 Å². The van der Waals surface area contributed by atoms with E-state index < -0.39 is 0 Å². The van der Waals surface area contributed by atoms with E-state index in [1.165, 1.54) is 6.07 Å². The minimum Gasteiger partial charge on any atom is -0.466 e. The Bertz CT molecular complexity index is 565. The van der Waals surface area contributed by atoms with Crippen molar-refractivity contribution in [2.24, 2.45) is 0 Å². The lowest BCUT2D eigenvalue weighted by atomic mass is 10.1. The monoisotopic (exact) mass is 311 g/mol. The summed E-state index contributed by atoms with van der Waals surface area (Å²) < 4.78 is 19.9. The number of hydrogen-bond donors (Lipinski definition) is 1. The molecule has 0 saturated carbocycles. The summed E-state index contributed by atoms with van der Waals surface area (Å²) in [6, 6.07) is 6.95.